The molecule has 1 saturated heterocycles. The van der Waals surface area contributed by atoms with E-state index in [1.807, 2.05) is 6.92 Å². The third kappa shape index (κ3) is 3.74. The van der Waals surface area contributed by atoms with E-state index in [4.69, 9.17) is 0 Å². The largest absolute Gasteiger partial charge is 0.473 e. The van der Waals surface area contributed by atoms with Crippen LogP contribution in [0.2, 0.25) is 0 Å². The lowest BCUT2D eigenvalue weighted by atomic mass is 10.0. The second kappa shape index (κ2) is 7.04. The predicted molar refractivity (Wildman–Crippen MR) is 82.6 cm³/mol. The van der Waals surface area contributed by atoms with Crippen molar-refractivity contribution in [2.24, 2.45) is 0 Å². The van der Waals surface area contributed by atoms with Crippen molar-refractivity contribution >= 4 is 11.8 Å². The molecule has 1 aliphatic rings. The first-order valence-corrected chi connectivity index (χ1v) is 7.40. The molecule has 0 radical (unpaired) electrons. The Morgan fingerprint density at radius 1 is 1.13 bits per heavy atom. The van der Waals surface area contributed by atoms with Crippen LogP contribution in [0.5, 0.6) is 0 Å². The van der Waals surface area contributed by atoms with Gasteiger partial charge >= 0.3 is 11.7 Å². The monoisotopic (exact) mass is 318 g/mol. The van der Waals surface area contributed by atoms with E-state index < -0.39 is 22.4 Å². The summed E-state index contributed by atoms with van der Waals surface area (Å²) in [7, 11) is 0. The van der Waals surface area contributed by atoms with Crippen LogP contribution in [0.25, 0.3) is 0 Å². The zero-order valence-electron chi connectivity index (χ0n) is 12.8. The Morgan fingerprint density at radius 3 is 2.17 bits per heavy atom. The lowest BCUT2D eigenvalue weighted by Crippen LogP contribution is -2.36. The van der Waals surface area contributed by atoms with Crippen molar-refractivity contribution in [2.45, 2.75) is 26.2 Å². The molecule has 1 aromatic rings. The number of Topliss-reactive ketones (excluding diaryl/α,β-unsaturated/α-hetero) is 1. The number of carboxylic acid groups (broad SMARTS) is 1. The fourth-order valence-electron chi connectivity index (χ4n) is 2.63. The summed E-state index contributed by atoms with van der Waals surface area (Å²) in [5.74, 6) is -2.32. The highest BCUT2D eigenvalue weighted by atomic mass is 16.6. The highest BCUT2D eigenvalue weighted by Crippen LogP contribution is 2.22. The molecule has 1 heterocycles. The second-order valence-electron chi connectivity index (χ2n) is 5.50. The van der Waals surface area contributed by atoms with Gasteiger partial charge in [-0.15, -0.1) is 0 Å². The number of carboxylic acids is 1. The van der Waals surface area contributed by atoms with Crippen LogP contribution in [0.3, 0.4) is 0 Å². The van der Waals surface area contributed by atoms with Gasteiger partial charge in [-0.05, 0) is 26.2 Å². The molecule has 1 N–H and O–H groups in total. The SMILES string of the molecule is Cc1ccc(C(=O)/C(=C(/C(=O)O)[N+](=O)[O-])N2CCCCC2)cc1. The number of rotatable bonds is 5. The van der Waals surface area contributed by atoms with Gasteiger partial charge in [0.25, 0.3) is 0 Å². The standard InChI is InChI=1S/C16H18N2O5/c1-11-5-7-12(8-6-11)15(19)13(14(16(20)21)18(22)23)17-9-3-2-4-10-17/h5-8H,2-4,9-10H2,1H3,(H,20,21)/b14-13+. The van der Waals surface area contributed by atoms with Crippen molar-refractivity contribution in [3.63, 3.8) is 0 Å². The zero-order valence-corrected chi connectivity index (χ0v) is 12.8. The van der Waals surface area contributed by atoms with E-state index >= 15 is 0 Å². The summed E-state index contributed by atoms with van der Waals surface area (Å²) in [6, 6.07) is 6.55. The molecule has 7 heteroatoms. The van der Waals surface area contributed by atoms with E-state index in [1.54, 1.807) is 24.3 Å². The lowest BCUT2D eigenvalue weighted by molar-refractivity contribution is -0.422. The summed E-state index contributed by atoms with van der Waals surface area (Å²) < 4.78 is 0. The molecule has 1 aromatic carbocycles. The molecule has 0 spiro atoms. The van der Waals surface area contributed by atoms with Gasteiger partial charge in [0.05, 0.1) is 4.92 Å². The fraction of sp³-hybridized carbons (Fsp3) is 0.375. The molecule has 0 unspecified atom stereocenters. The summed E-state index contributed by atoms with van der Waals surface area (Å²) in [4.78, 5) is 35.8. The number of hydrogen-bond donors (Lipinski definition) is 1. The molecule has 7 nitrogen and oxygen atoms in total. The summed E-state index contributed by atoms with van der Waals surface area (Å²) in [6.45, 7) is 2.74. The maximum absolute atomic E-state index is 12.7. The van der Waals surface area contributed by atoms with Gasteiger partial charge in [-0.25, -0.2) is 4.79 Å². The molecule has 0 aromatic heterocycles. The first kappa shape index (κ1) is 16.7. The number of ketones is 1. The van der Waals surface area contributed by atoms with E-state index in [1.165, 1.54) is 4.90 Å². The Bertz CT molecular complexity index is 642. The number of nitrogens with zero attached hydrogens (tertiary/aromatic N) is 2. The quantitative estimate of drug-likeness (QED) is 0.387. The van der Waals surface area contributed by atoms with Crippen molar-refractivity contribution in [1.82, 2.24) is 4.90 Å². The Kier molecular flexibility index (Phi) is 5.10. The molecule has 0 aliphatic carbocycles. The number of piperidine rings is 1. The second-order valence-corrected chi connectivity index (χ2v) is 5.50. The average Bonchev–Trinajstić information content (AvgIpc) is 2.52. The van der Waals surface area contributed by atoms with Crippen LogP contribution >= 0.6 is 0 Å². The van der Waals surface area contributed by atoms with Gasteiger partial charge < -0.3 is 10.0 Å². The number of allylic oxidation sites excluding steroid dienone is 1. The van der Waals surface area contributed by atoms with E-state index in [0.717, 1.165) is 24.8 Å². The smallest absolute Gasteiger partial charge is 0.409 e. The van der Waals surface area contributed by atoms with Crippen molar-refractivity contribution in [3.8, 4) is 0 Å². The molecular weight excluding hydrogens is 300 g/mol. The number of carbonyl (C=O) groups excluding carboxylic acids is 1. The minimum absolute atomic E-state index is 0.247. The Labute approximate surface area is 133 Å². The molecule has 2 rings (SSSR count). The minimum atomic E-state index is -1.70. The third-order valence-electron chi connectivity index (χ3n) is 3.81. The molecule has 0 bridgehead atoms. The van der Waals surface area contributed by atoms with Crippen molar-refractivity contribution < 1.29 is 19.6 Å². The number of nitro groups is 1. The Balaban J connectivity index is 2.54. The zero-order chi connectivity index (χ0) is 17.0. The molecule has 23 heavy (non-hydrogen) atoms. The molecular formula is C16H18N2O5. The predicted octanol–water partition coefficient (Wildman–Crippen LogP) is 2.24. The van der Waals surface area contributed by atoms with Gasteiger partial charge in [0.1, 0.15) is 0 Å². The fourth-order valence-corrected chi connectivity index (χ4v) is 2.63. The van der Waals surface area contributed by atoms with Crippen LogP contribution < -0.4 is 0 Å². The van der Waals surface area contributed by atoms with Crippen LogP contribution in [-0.2, 0) is 4.79 Å². The topological polar surface area (TPSA) is 101 Å². The number of aliphatic carboxylic acids is 1. The van der Waals surface area contributed by atoms with Crippen LogP contribution in [0.15, 0.2) is 35.7 Å². The van der Waals surface area contributed by atoms with Crippen molar-refractivity contribution in [3.05, 3.63) is 56.9 Å². The van der Waals surface area contributed by atoms with E-state index in [0.29, 0.717) is 13.1 Å². The average molecular weight is 318 g/mol. The number of benzene rings is 1. The maximum atomic E-state index is 12.7. The van der Waals surface area contributed by atoms with Gasteiger partial charge in [0.15, 0.2) is 5.70 Å². The maximum Gasteiger partial charge on any atom is 0.409 e. The molecule has 0 atom stereocenters. The van der Waals surface area contributed by atoms with Gasteiger partial charge in [-0.2, -0.15) is 0 Å². The van der Waals surface area contributed by atoms with Gasteiger partial charge in [-0.1, -0.05) is 29.8 Å². The van der Waals surface area contributed by atoms with E-state index in [9.17, 15) is 24.8 Å². The first-order chi connectivity index (χ1) is 10.9. The van der Waals surface area contributed by atoms with Crippen LogP contribution in [0.1, 0.15) is 35.2 Å². The minimum Gasteiger partial charge on any atom is -0.473 e. The van der Waals surface area contributed by atoms with Gasteiger partial charge in [-0.3, -0.25) is 14.9 Å². The number of aryl methyl sites for hydroxylation is 1. The lowest BCUT2D eigenvalue weighted by Gasteiger charge is -2.29. The van der Waals surface area contributed by atoms with Gasteiger partial charge in [0.2, 0.25) is 5.78 Å². The highest BCUT2D eigenvalue weighted by molar-refractivity contribution is 6.11. The summed E-state index contributed by atoms with van der Waals surface area (Å²) in [5.41, 5.74) is -0.196. The van der Waals surface area contributed by atoms with Crippen LogP contribution in [0.4, 0.5) is 0 Å². The van der Waals surface area contributed by atoms with Crippen LogP contribution in [-0.4, -0.2) is 39.8 Å². The van der Waals surface area contributed by atoms with Gasteiger partial charge in [0, 0.05) is 18.7 Å². The molecule has 1 aliphatic heterocycles. The molecule has 1 fully saturated rings. The van der Waals surface area contributed by atoms with E-state index in [-0.39, 0.29) is 11.3 Å². The first-order valence-electron chi connectivity index (χ1n) is 7.40. The molecule has 122 valence electrons. The Hall–Kier alpha value is -2.70. The number of likely N-dealkylation sites (tertiary alicyclic amines) is 1. The van der Waals surface area contributed by atoms with Crippen molar-refractivity contribution in [1.29, 1.82) is 0 Å². The highest BCUT2D eigenvalue weighted by Gasteiger charge is 2.36. The summed E-state index contributed by atoms with van der Waals surface area (Å²) in [6.07, 6.45) is 2.51. The van der Waals surface area contributed by atoms with Crippen molar-refractivity contribution in [2.75, 3.05) is 13.1 Å². The Morgan fingerprint density at radius 2 is 1.70 bits per heavy atom. The normalized spacial score (nSPS) is 15.8. The molecule has 0 amide bonds. The van der Waals surface area contributed by atoms with E-state index in [2.05, 4.69) is 0 Å². The summed E-state index contributed by atoms with van der Waals surface area (Å²) in [5, 5.41) is 20.4. The third-order valence-corrected chi connectivity index (χ3v) is 3.81. The molecule has 0 saturated carbocycles. The number of hydrogen-bond acceptors (Lipinski definition) is 5. The van der Waals surface area contributed by atoms with Crippen LogP contribution in [0, 0.1) is 17.0 Å². The summed E-state index contributed by atoms with van der Waals surface area (Å²) >= 11 is 0. The number of carbonyl (C=O) groups is 2.